The molecule has 0 amide bonds. The van der Waals surface area contributed by atoms with Gasteiger partial charge in [0.2, 0.25) is 11.5 Å². The van der Waals surface area contributed by atoms with E-state index < -0.39 is 5.97 Å². The number of rotatable bonds is 3. The van der Waals surface area contributed by atoms with Crippen LogP contribution in [0.3, 0.4) is 0 Å². The second kappa shape index (κ2) is 5.17. The van der Waals surface area contributed by atoms with Gasteiger partial charge in [-0.3, -0.25) is 4.79 Å². The van der Waals surface area contributed by atoms with E-state index in [-0.39, 0.29) is 23.2 Å². The average molecular weight is 236 g/mol. The van der Waals surface area contributed by atoms with E-state index in [1.54, 1.807) is 0 Å². The number of hydrogen-bond donors (Lipinski definition) is 1. The van der Waals surface area contributed by atoms with Crippen LogP contribution >= 0.6 is 0 Å². The quantitative estimate of drug-likeness (QED) is 0.646. The van der Waals surface area contributed by atoms with Crippen molar-refractivity contribution in [3.05, 3.63) is 23.7 Å². The molecule has 17 heavy (non-hydrogen) atoms. The molecule has 0 aromatic carbocycles. The normalized spacial score (nSPS) is 17.6. The van der Waals surface area contributed by atoms with Crippen LogP contribution in [0, 0.1) is 5.92 Å². The van der Waals surface area contributed by atoms with Crippen molar-refractivity contribution < 1.29 is 19.1 Å². The Morgan fingerprint density at radius 1 is 1.06 bits per heavy atom. The molecule has 4 heteroatoms. The van der Waals surface area contributed by atoms with Gasteiger partial charge in [0.1, 0.15) is 0 Å². The Morgan fingerprint density at radius 2 is 1.65 bits per heavy atom. The summed E-state index contributed by atoms with van der Waals surface area (Å²) in [5.41, 5.74) is 0. The van der Waals surface area contributed by atoms with Gasteiger partial charge < -0.3 is 9.52 Å². The summed E-state index contributed by atoms with van der Waals surface area (Å²) in [6.45, 7) is 0. The lowest BCUT2D eigenvalue weighted by Crippen LogP contribution is -2.13. The van der Waals surface area contributed by atoms with E-state index >= 15 is 0 Å². The van der Waals surface area contributed by atoms with Crippen LogP contribution in [0.5, 0.6) is 0 Å². The van der Waals surface area contributed by atoms with Crippen LogP contribution in [0.4, 0.5) is 0 Å². The lowest BCUT2D eigenvalue weighted by atomic mass is 9.94. The Balaban J connectivity index is 2.09. The molecular weight excluding hydrogens is 220 g/mol. The number of carboxylic acids is 1. The third-order valence-corrected chi connectivity index (χ3v) is 3.29. The molecule has 1 aliphatic carbocycles. The van der Waals surface area contributed by atoms with Gasteiger partial charge in [-0.1, -0.05) is 25.7 Å². The molecule has 0 unspecified atom stereocenters. The Hall–Kier alpha value is -1.58. The van der Waals surface area contributed by atoms with E-state index in [4.69, 9.17) is 9.52 Å². The zero-order chi connectivity index (χ0) is 12.3. The highest BCUT2D eigenvalue weighted by Gasteiger charge is 2.24. The number of carboxylic acid groups (broad SMARTS) is 1. The standard InChI is InChI=1S/C13H16O4/c14-12(9-5-3-1-2-4-6-9)10-7-8-11(17-10)13(15)16/h7-9H,1-6H2,(H,15,16). The summed E-state index contributed by atoms with van der Waals surface area (Å²) in [6.07, 6.45) is 6.29. The van der Waals surface area contributed by atoms with Crippen LogP contribution in [0.15, 0.2) is 16.5 Å². The molecule has 0 spiro atoms. The SMILES string of the molecule is O=C(O)c1ccc(C(=O)C2CCCCCC2)o1. The second-order valence-electron chi connectivity index (χ2n) is 4.52. The first-order valence-corrected chi connectivity index (χ1v) is 6.06. The molecule has 0 atom stereocenters. The average Bonchev–Trinajstić information content (AvgIpc) is 2.65. The Labute approximate surface area is 99.6 Å². The molecule has 1 aromatic heterocycles. The van der Waals surface area contributed by atoms with Crippen molar-refractivity contribution in [2.24, 2.45) is 5.92 Å². The van der Waals surface area contributed by atoms with Gasteiger partial charge in [0.25, 0.3) is 0 Å². The zero-order valence-electron chi connectivity index (χ0n) is 9.65. The maximum atomic E-state index is 12.1. The van der Waals surface area contributed by atoms with E-state index in [0.29, 0.717) is 0 Å². The minimum absolute atomic E-state index is 0.00490. The van der Waals surface area contributed by atoms with Crippen LogP contribution in [0.1, 0.15) is 59.6 Å². The lowest BCUT2D eigenvalue weighted by Gasteiger charge is -2.10. The van der Waals surface area contributed by atoms with Crippen molar-refractivity contribution in [1.82, 2.24) is 0 Å². The molecule has 1 saturated carbocycles. The van der Waals surface area contributed by atoms with Gasteiger partial charge in [0, 0.05) is 5.92 Å². The highest BCUT2D eigenvalue weighted by molar-refractivity contribution is 5.96. The zero-order valence-corrected chi connectivity index (χ0v) is 9.65. The second-order valence-corrected chi connectivity index (χ2v) is 4.52. The summed E-state index contributed by atoms with van der Waals surface area (Å²) in [6, 6.07) is 2.81. The molecule has 1 fully saturated rings. The van der Waals surface area contributed by atoms with Crippen molar-refractivity contribution in [3.8, 4) is 0 Å². The summed E-state index contributed by atoms with van der Waals surface area (Å²) < 4.78 is 5.05. The summed E-state index contributed by atoms with van der Waals surface area (Å²) in [4.78, 5) is 22.8. The maximum absolute atomic E-state index is 12.1. The molecule has 2 rings (SSSR count). The van der Waals surface area contributed by atoms with Crippen molar-refractivity contribution in [3.63, 3.8) is 0 Å². The summed E-state index contributed by atoms with van der Waals surface area (Å²) >= 11 is 0. The van der Waals surface area contributed by atoms with Crippen molar-refractivity contribution in [2.75, 3.05) is 0 Å². The number of carbonyl (C=O) groups is 2. The van der Waals surface area contributed by atoms with Crippen molar-refractivity contribution in [2.45, 2.75) is 38.5 Å². The number of aromatic carboxylic acids is 1. The number of furan rings is 1. The van der Waals surface area contributed by atoms with Gasteiger partial charge >= 0.3 is 5.97 Å². The topological polar surface area (TPSA) is 67.5 Å². The monoisotopic (exact) mass is 236 g/mol. The minimum atomic E-state index is -1.13. The minimum Gasteiger partial charge on any atom is -0.475 e. The smallest absolute Gasteiger partial charge is 0.371 e. The first-order valence-electron chi connectivity index (χ1n) is 6.06. The van der Waals surface area contributed by atoms with Gasteiger partial charge in [0.05, 0.1) is 0 Å². The van der Waals surface area contributed by atoms with E-state index in [2.05, 4.69) is 0 Å². The van der Waals surface area contributed by atoms with Crippen molar-refractivity contribution >= 4 is 11.8 Å². The molecule has 1 N–H and O–H groups in total. The molecule has 1 heterocycles. The molecule has 0 saturated heterocycles. The fourth-order valence-electron chi connectivity index (χ4n) is 2.33. The number of hydrogen-bond acceptors (Lipinski definition) is 3. The number of ketones is 1. The van der Waals surface area contributed by atoms with Gasteiger partial charge in [-0.05, 0) is 25.0 Å². The van der Waals surface area contributed by atoms with Crippen LogP contribution in [-0.4, -0.2) is 16.9 Å². The van der Waals surface area contributed by atoms with Gasteiger partial charge in [-0.25, -0.2) is 4.79 Å². The lowest BCUT2D eigenvalue weighted by molar-refractivity contribution is 0.0658. The number of carbonyl (C=O) groups excluding carboxylic acids is 1. The first kappa shape index (κ1) is 11.9. The fourth-order valence-corrected chi connectivity index (χ4v) is 2.33. The largest absolute Gasteiger partial charge is 0.475 e. The fraction of sp³-hybridized carbons (Fsp3) is 0.538. The van der Waals surface area contributed by atoms with Gasteiger partial charge in [0.15, 0.2) is 5.76 Å². The highest BCUT2D eigenvalue weighted by Crippen LogP contribution is 2.26. The molecule has 1 aliphatic rings. The van der Waals surface area contributed by atoms with Crippen LogP contribution in [0.25, 0.3) is 0 Å². The Bertz CT molecular complexity index is 411. The molecule has 0 aliphatic heterocycles. The summed E-state index contributed by atoms with van der Waals surface area (Å²) in [5.74, 6) is -1.15. The Kier molecular flexibility index (Phi) is 3.61. The molecule has 0 radical (unpaired) electrons. The number of Topliss-reactive ketones (excluding diaryl/α,β-unsaturated/α-hetero) is 1. The molecule has 1 aromatic rings. The van der Waals surface area contributed by atoms with Crippen LogP contribution in [-0.2, 0) is 0 Å². The predicted octanol–water partition coefficient (Wildman–Crippen LogP) is 3.13. The van der Waals surface area contributed by atoms with Crippen molar-refractivity contribution in [1.29, 1.82) is 0 Å². The highest BCUT2D eigenvalue weighted by atomic mass is 16.4. The van der Waals surface area contributed by atoms with E-state index in [1.165, 1.54) is 25.0 Å². The Morgan fingerprint density at radius 3 is 2.18 bits per heavy atom. The van der Waals surface area contributed by atoms with E-state index in [0.717, 1.165) is 25.7 Å². The summed E-state index contributed by atoms with van der Waals surface area (Å²) in [7, 11) is 0. The van der Waals surface area contributed by atoms with Gasteiger partial charge in [-0.2, -0.15) is 0 Å². The predicted molar refractivity (Wildman–Crippen MR) is 61.2 cm³/mol. The molecule has 0 bridgehead atoms. The first-order chi connectivity index (χ1) is 8.18. The molecular formula is C13H16O4. The third-order valence-electron chi connectivity index (χ3n) is 3.29. The van der Waals surface area contributed by atoms with Crippen LogP contribution in [0.2, 0.25) is 0 Å². The van der Waals surface area contributed by atoms with Crippen LogP contribution < -0.4 is 0 Å². The summed E-state index contributed by atoms with van der Waals surface area (Å²) in [5, 5.41) is 8.73. The van der Waals surface area contributed by atoms with Gasteiger partial charge in [-0.15, -0.1) is 0 Å². The van der Waals surface area contributed by atoms with E-state index in [9.17, 15) is 9.59 Å². The molecule has 92 valence electrons. The van der Waals surface area contributed by atoms with E-state index in [1.807, 2.05) is 0 Å². The maximum Gasteiger partial charge on any atom is 0.371 e. The third kappa shape index (κ3) is 2.75. The molecule has 4 nitrogen and oxygen atoms in total.